The summed E-state index contributed by atoms with van der Waals surface area (Å²) in [7, 11) is 1.46. The van der Waals surface area contributed by atoms with Gasteiger partial charge in [0.15, 0.2) is 11.4 Å². The fourth-order valence-electron chi connectivity index (χ4n) is 3.80. The van der Waals surface area contributed by atoms with E-state index >= 15 is 0 Å². The van der Waals surface area contributed by atoms with Crippen LogP contribution in [0.25, 0.3) is 0 Å². The van der Waals surface area contributed by atoms with E-state index in [-0.39, 0.29) is 11.9 Å². The lowest BCUT2D eigenvalue weighted by molar-refractivity contribution is -0.193. The predicted molar refractivity (Wildman–Crippen MR) is 76.0 cm³/mol. The second kappa shape index (κ2) is 4.62. The van der Waals surface area contributed by atoms with Crippen LogP contribution in [0, 0.1) is 0 Å². The van der Waals surface area contributed by atoms with E-state index in [0.717, 1.165) is 6.42 Å². The number of carbonyl (C=O) groups excluding carboxylic acids is 1. The normalized spacial score (nSPS) is 48.3. The molecule has 118 valence electrons. The zero-order chi connectivity index (χ0) is 15.5. The second-order valence-electron chi connectivity index (χ2n) is 6.86. The number of hydrogen-bond donors (Lipinski definition) is 1. The first-order valence-corrected chi connectivity index (χ1v) is 7.54. The summed E-state index contributed by atoms with van der Waals surface area (Å²) in [6, 6.07) is 0. The predicted octanol–water partition coefficient (Wildman–Crippen LogP) is 1.38. The molecule has 2 saturated heterocycles. The van der Waals surface area contributed by atoms with Gasteiger partial charge in [0, 0.05) is 13.5 Å². The largest absolute Gasteiger partial charge is 0.380 e. The lowest BCUT2D eigenvalue weighted by Gasteiger charge is -2.45. The van der Waals surface area contributed by atoms with Crippen LogP contribution in [0.4, 0.5) is 0 Å². The summed E-state index contributed by atoms with van der Waals surface area (Å²) in [5.41, 5.74) is -1.69. The van der Waals surface area contributed by atoms with E-state index < -0.39 is 22.9 Å². The minimum absolute atomic E-state index is 0.0705. The Morgan fingerprint density at radius 2 is 2.19 bits per heavy atom. The van der Waals surface area contributed by atoms with Crippen molar-refractivity contribution >= 4 is 5.78 Å². The van der Waals surface area contributed by atoms with E-state index in [2.05, 4.69) is 6.08 Å². The SMILES string of the molecule is CO[C@@H]1C(=O)CC[C@]2(CO2)[C@@]1(O)[C@@]1(C)O[C@@H]1CC=C(C)C. The smallest absolute Gasteiger partial charge is 0.164 e. The summed E-state index contributed by atoms with van der Waals surface area (Å²) < 4.78 is 16.8. The molecule has 0 aromatic rings. The molecular weight excluding hydrogens is 272 g/mol. The van der Waals surface area contributed by atoms with Crippen molar-refractivity contribution in [1.82, 2.24) is 0 Å². The molecule has 5 heteroatoms. The molecule has 21 heavy (non-hydrogen) atoms. The summed E-state index contributed by atoms with van der Waals surface area (Å²) >= 11 is 0. The maximum Gasteiger partial charge on any atom is 0.164 e. The molecule has 5 nitrogen and oxygen atoms in total. The molecule has 1 aliphatic carbocycles. The highest BCUT2D eigenvalue weighted by Gasteiger charge is 2.81. The van der Waals surface area contributed by atoms with Crippen LogP contribution in [0.2, 0.25) is 0 Å². The highest BCUT2D eigenvalue weighted by molar-refractivity contribution is 5.87. The summed E-state index contributed by atoms with van der Waals surface area (Å²) in [5.74, 6) is -0.0705. The Kier molecular flexibility index (Phi) is 3.34. The van der Waals surface area contributed by atoms with Gasteiger partial charge in [0.25, 0.3) is 0 Å². The molecule has 5 atom stereocenters. The van der Waals surface area contributed by atoms with E-state index in [1.54, 1.807) is 0 Å². The van der Waals surface area contributed by atoms with Crippen LogP contribution in [-0.4, -0.2) is 53.6 Å². The van der Waals surface area contributed by atoms with Crippen molar-refractivity contribution in [3.8, 4) is 0 Å². The molecule has 3 rings (SSSR count). The number of aliphatic hydroxyl groups is 1. The second-order valence-corrected chi connectivity index (χ2v) is 6.86. The van der Waals surface area contributed by atoms with Crippen LogP contribution in [0.5, 0.6) is 0 Å². The first kappa shape index (κ1) is 15.2. The molecule has 0 aromatic heterocycles. The van der Waals surface area contributed by atoms with Gasteiger partial charge in [-0.1, -0.05) is 11.6 Å². The summed E-state index contributed by atoms with van der Waals surface area (Å²) in [5, 5.41) is 11.4. The molecule has 1 N–H and O–H groups in total. The summed E-state index contributed by atoms with van der Waals surface area (Å²) in [6.45, 7) is 6.39. The van der Waals surface area contributed by atoms with Crippen LogP contribution < -0.4 is 0 Å². The van der Waals surface area contributed by atoms with Gasteiger partial charge in [0.1, 0.15) is 17.3 Å². The van der Waals surface area contributed by atoms with Crippen molar-refractivity contribution < 1.29 is 24.1 Å². The first-order valence-electron chi connectivity index (χ1n) is 7.54. The average molecular weight is 296 g/mol. The molecule has 2 aliphatic heterocycles. The van der Waals surface area contributed by atoms with Gasteiger partial charge in [-0.05, 0) is 33.6 Å². The van der Waals surface area contributed by atoms with E-state index in [4.69, 9.17) is 14.2 Å². The number of epoxide rings is 2. The molecule has 3 aliphatic rings. The van der Waals surface area contributed by atoms with E-state index in [1.807, 2.05) is 20.8 Å². The standard InChI is InChI=1S/C16H24O5/c1-10(2)5-6-12-14(3,21-12)16(18)13(19-4)11(17)7-8-15(16)9-20-15/h5,12-13,18H,6-9H2,1-4H3/t12-,13-,14+,15+,16+/m1/s1. The topological polar surface area (TPSA) is 71.6 Å². The molecule has 0 radical (unpaired) electrons. The molecule has 2 heterocycles. The maximum absolute atomic E-state index is 12.2. The number of carbonyl (C=O) groups is 1. The van der Waals surface area contributed by atoms with Crippen molar-refractivity contribution in [3.63, 3.8) is 0 Å². The first-order chi connectivity index (χ1) is 9.81. The molecule has 0 unspecified atom stereocenters. The Morgan fingerprint density at radius 3 is 2.71 bits per heavy atom. The Labute approximate surface area is 125 Å². The zero-order valence-electron chi connectivity index (χ0n) is 13.1. The lowest BCUT2D eigenvalue weighted by Crippen LogP contribution is -2.69. The van der Waals surface area contributed by atoms with Gasteiger partial charge >= 0.3 is 0 Å². The molecule has 0 aromatic carbocycles. The number of hydrogen-bond acceptors (Lipinski definition) is 5. The van der Waals surface area contributed by atoms with Gasteiger partial charge in [-0.25, -0.2) is 0 Å². The van der Waals surface area contributed by atoms with Crippen LogP contribution in [-0.2, 0) is 19.0 Å². The molecule has 0 bridgehead atoms. The monoisotopic (exact) mass is 296 g/mol. The number of ether oxygens (including phenoxy) is 3. The fourth-order valence-corrected chi connectivity index (χ4v) is 3.80. The van der Waals surface area contributed by atoms with Crippen molar-refractivity contribution in [2.75, 3.05) is 13.7 Å². The average Bonchev–Trinajstić information content (AvgIpc) is 3.31. The molecule has 3 fully saturated rings. The van der Waals surface area contributed by atoms with Gasteiger partial charge in [-0.2, -0.15) is 0 Å². The third-order valence-corrected chi connectivity index (χ3v) is 5.31. The number of allylic oxidation sites excluding steroid dienone is 1. The molecule has 0 amide bonds. The molecule has 1 spiro atoms. The lowest BCUT2D eigenvalue weighted by atomic mass is 9.65. The number of ketones is 1. The van der Waals surface area contributed by atoms with Crippen molar-refractivity contribution in [2.24, 2.45) is 0 Å². The van der Waals surface area contributed by atoms with Crippen LogP contribution in [0.3, 0.4) is 0 Å². The third-order valence-electron chi connectivity index (χ3n) is 5.31. The molecular formula is C16H24O5. The van der Waals surface area contributed by atoms with Crippen molar-refractivity contribution in [2.45, 2.75) is 69.0 Å². The zero-order valence-corrected chi connectivity index (χ0v) is 13.1. The fraction of sp³-hybridized carbons (Fsp3) is 0.812. The van der Waals surface area contributed by atoms with Gasteiger partial charge in [0.05, 0.1) is 12.7 Å². The van der Waals surface area contributed by atoms with Gasteiger partial charge in [-0.3, -0.25) is 4.79 Å². The Bertz CT molecular complexity index is 491. The molecule has 1 saturated carbocycles. The van der Waals surface area contributed by atoms with E-state index in [0.29, 0.717) is 19.4 Å². The summed E-state index contributed by atoms with van der Waals surface area (Å²) in [6.07, 6.45) is 2.75. The number of rotatable bonds is 4. The Balaban J connectivity index is 1.90. The summed E-state index contributed by atoms with van der Waals surface area (Å²) in [4.78, 5) is 12.2. The van der Waals surface area contributed by atoms with Crippen LogP contribution >= 0.6 is 0 Å². The van der Waals surface area contributed by atoms with Gasteiger partial charge < -0.3 is 19.3 Å². The quantitative estimate of drug-likeness (QED) is 0.627. The Morgan fingerprint density at radius 1 is 1.52 bits per heavy atom. The van der Waals surface area contributed by atoms with E-state index in [9.17, 15) is 9.90 Å². The highest BCUT2D eigenvalue weighted by atomic mass is 16.7. The van der Waals surface area contributed by atoms with Crippen LogP contribution in [0.1, 0.15) is 40.0 Å². The van der Waals surface area contributed by atoms with Gasteiger partial charge in [0.2, 0.25) is 0 Å². The van der Waals surface area contributed by atoms with E-state index in [1.165, 1.54) is 12.7 Å². The number of methoxy groups -OCH3 is 1. The third kappa shape index (κ3) is 1.95. The highest BCUT2D eigenvalue weighted by Crippen LogP contribution is 2.61. The van der Waals surface area contributed by atoms with Gasteiger partial charge in [-0.15, -0.1) is 0 Å². The van der Waals surface area contributed by atoms with Crippen molar-refractivity contribution in [1.29, 1.82) is 0 Å². The maximum atomic E-state index is 12.2. The minimum atomic E-state index is -1.41. The van der Waals surface area contributed by atoms with Crippen LogP contribution in [0.15, 0.2) is 11.6 Å². The Hall–Kier alpha value is -0.750. The number of Topliss-reactive ketones (excluding diaryl/α,β-unsaturated/α-hetero) is 1. The minimum Gasteiger partial charge on any atom is -0.380 e. The van der Waals surface area contributed by atoms with Crippen molar-refractivity contribution in [3.05, 3.63) is 11.6 Å².